The van der Waals surface area contributed by atoms with Crippen LogP contribution in [0.2, 0.25) is 0 Å². The molecule has 174 valence electrons. The zero-order chi connectivity index (χ0) is 24.5. The summed E-state index contributed by atoms with van der Waals surface area (Å²) in [7, 11) is 7.88. The molecule has 0 bridgehead atoms. The lowest BCUT2D eigenvalue weighted by molar-refractivity contribution is 0.0943. The van der Waals surface area contributed by atoms with Gasteiger partial charge in [-0.15, -0.1) is 0 Å². The molecule has 0 spiro atoms. The van der Waals surface area contributed by atoms with Crippen molar-refractivity contribution in [1.82, 2.24) is 10.9 Å². The molecule has 8 nitrogen and oxygen atoms in total. The van der Waals surface area contributed by atoms with Crippen molar-refractivity contribution in [3.63, 3.8) is 0 Å². The molecule has 0 aliphatic carbocycles. The summed E-state index contributed by atoms with van der Waals surface area (Å²) in [6.45, 7) is 0. The van der Waals surface area contributed by atoms with Gasteiger partial charge in [0, 0.05) is 50.7 Å². The van der Waals surface area contributed by atoms with Crippen molar-refractivity contribution in [3.05, 3.63) is 95.1 Å². The van der Waals surface area contributed by atoms with E-state index in [2.05, 4.69) is 21.1 Å². The van der Waals surface area contributed by atoms with Crippen LogP contribution >= 0.6 is 0 Å². The summed E-state index contributed by atoms with van der Waals surface area (Å²) >= 11 is 0. The molecular formula is C26H28N6O2. The fraction of sp³-hybridized carbons (Fsp3) is 0.154. The molecule has 8 heteroatoms. The van der Waals surface area contributed by atoms with Crippen molar-refractivity contribution in [2.24, 2.45) is 10.2 Å². The first-order valence-corrected chi connectivity index (χ1v) is 10.6. The highest BCUT2D eigenvalue weighted by atomic mass is 16.2. The minimum absolute atomic E-state index is 0.368. The number of carbonyl (C=O) groups excluding carboxylic acids is 2. The van der Waals surface area contributed by atoms with E-state index in [1.807, 2.05) is 86.5 Å². The molecule has 0 radical (unpaired) electrons. The van der Waals surface area contributed by atoms with Gasteiger partial charge in [0.2, 0.25) is 0 Å². The first-order chi connectivity index (χ1) is 16.3. The number of rotatable bonds is 8. The molecule has 2 amide bonds. The smallest absolute Gasteiger partial charge is 0.271 e. The Kier molecular flexibility index (Phi) is 8.12. The van der Waals surface area contributed by atoms with Gasteiger partial charge in [-0.25, -0.2) is 10.9 Å². The van der Waals surface area contributed by atoms with Gasteiger partial charge < -0.3 is 9.80 Å². The number of hydrazone groups is 2. The van der Waals surface area contributed by atoms with E-state index in [1.54, 1.807) is 36.7 Å². The van der Waals surface area contributed by atoms with E-state index in [4.69, 9.17) is 0 Å². The summed E-state index contributed by atoms with van der Waals surface area (Å²) in [6, 6.07) is 21.8. The van der Waals surface area contributed by atoms with Crippen molar-refractivity contribution in [2.75, 3.05) is 38.0 Å². The Labute approximate surface area is 199 Å². The summed E-state index contributed by atoms with van der Waals surface area (Å²) < 4.78 is 0. The second kappa shape index (κ2) is 11.4. The zero-order valence-corrected chi connectivity index (χ0v) is 19.7. The fourth-order valence-corrected chi connectivity index (χ4v) is 2.95. The SMILES string of the molecule is CN(C)c1ccc(/C=N/NC(=O)c2ccc(C(=O)N/N=C/c3ccc(N(C)C)cc3)cc2)cc1. The average Bonchev–Trinajstić information content (AvgIpc) is 2.84. The van der Waals surface area contributed by atoms with Gasteiger partial charge in [-0.2, -0.15) is 10.2 Å². The topological polar surface area (TPSA) is 89.4 Å². The maximum Gasteiger partial charge on any atom is 0.271 e. The van der Waals surface area contributed by atoms with Gasteiger partial charge in [0.25, 0.3) is 11.8 Å². The van der Waals surface area contributed by atoms with Gasteiger partial charge in [0.1, 0.15) is 0 Å². The third-order valence-electron chi connectivity index (χ3n) is 4.99. The summed E-state index contributed by atoms with van der Waals surface area (Å²) in [5.41, 5.74) is 9.65. The summed E-state index contributed by atoms with van der Waals surface area (Å²) in [5, 5.41) is 7.99. The van der Waals surface area contributed by atoms with E-state index < -0.39 is 0 Å². The number of carbonyl (C=O) groups is 2. The van der Waals surface area contributed by atoms with E-state index in [-0.39, 0.29) is 11.8 Å². The predicted molar refractivity (Wildman–Crippen MR) is 138 cm³/mol. The van der Waals surface area contributed by atoms with E-state index in [1.165, 1.54) is 0 Å². The maximum absolute atomic E-state index is 12.3. The molecule has 3 aromatic rings. The van der Waals surface area contributed by atoms with E-state index in [9.17, 15) is 9.59 Å². The minimum atomic E-state index is -0.368. The van der Waals surface area contributed by atoms with Gasteiger partial charge in [0.15, 0.2) is 0 Å². The molecule has 3 aromatic carbocycles. The van der Waals surface area contributed by atoms with Crippen LogP contribution in [0.1, 0.15) is 31.8 Å². The lowest BCUT2D eigenvalue weighted by Gasteiger charge is -2.11. The lowest BCUT2D eigenvalue weighted by atomic mass is 10.1. The molecule has 0 fully saturated rings. The van der Waals surface area contributed by atoms with Gasteiger partial charge in [-0.05, 0) is 59.7 Å². The maximum atomic E-state index is 12.3. The Morgan fingerprint density at radius 1 is 0.588 bits per heavy atom. The molecule has 3 rings (SSSR count). The number of nitrogens with zero attached hydrogens (tertiary/aromatic N) is 4. The van der Waals surface area contributed by atoms with Crippen LogP contribution < -0.4 is 20.7 Å². The van der Waals surface area contributed by atoms with Crippen LogP contribution in [0.25, 0.3) is 0 Å². The van der Waals surface area contributed by atoms with Crippen molar-refractivity contribution < 1.29 is 9.59 Å². The highest BCUT2D eigenvalue weighted by Gasteiger charge is 2.08. The van der Waals surface area contributed by atoms with Gasteiger partial charge in [-0.1, -0.05) is 24.3 Å². The van der Waals surface area contributed by atoms with Crippen LogP contribution in [-0.4, -0.2) is 52.4 Å². The number of nitrogens with one attached hydrogen (secondary N) is 2. The van der Waals surface area contributed by atoms with Crippen molar-refractivity contribution in [2.45, 2.75) is 0 Å². The van der Waals surface area contributed by atoms with Crippen LogP contribution in [0.3, 0.4) is 0 Å². The monoisotopic (exact) mass is 456 g/mol. The van der Waals surface area contributed by atoms with Crippen molar-refractivity contribution in [3.8, 4) is 0 Å². The Morgan fingerprint density at radius 3 is 1.21 bits per heavy atom. The Balaban J connectivity index is 1.51. The lowest BCUT2D eigenvalue weighted by Crippen LogP contribution is -2.19. The minimum Gasteiger partial charge on any atom is -0.378 e. The van der Waals surface area contributed by atoms with Crippen molar-refractivity contribution in [1.29, 1.82) is 0 Å². The molecule has 2 N–H and O–H groups in total. The third-order valence-corrected chi connectivity index (χ3v) is 4.99. The normalized spacial score (nSPS) is 10.9. The third kappa shape index (κ3) is 6.77. The quantitative estimate of drug-likeness (QED) is 0.402. The first-order valence-electron chi connectivity index (χ1n) is 10.6. The zero-order valence-electron chi connectivity index (χ0n) is 19.7. The van der Waals surface area contributed by atoms with Gasteiger partial charge >= 0.3 is 0 Å². The predicted octanol–water partition coefficient (Wildman–Crippen LogP) is 3.35. The summed E-state index contributed by atoms with van der Waals surface area (Å²) in [4.78, 5) is 28.6. The Bertz CT molecular complexity index is 1070. The molecule has 34 heavy (non-hydrogen) atoms. The molecule has 0 aromatic heterocycles. The second-order valence-corrected chi connectivity index (χ2v) is 7.95. The number of anilines is 2. The largest absolute Gasteiger partial charge is 0.378 e. The number of hydrogen-bond acceptors (Lipinski definition) is 6. The number of benzene rings is 3. The molecule has 0 saturated carbocycles. The molecule has 0 unspecified atom stereocenters. The molecule has 0 atom stereocenters. The van der Waals surface area contributed by atoms with Gasteiger partial charge in [-0.3, -0.25) is 9.59 Å². The number of hydrogen-bond donors (Lipinski definition) is 2. The summed E-state index contributed by atoms with van der Waals surface area (Å²) in [6.07, 6.45) is 3.15. The van der Waals surface area contributed by atoms with Crippen LogP contribution in [0.5, 0.6) is 0 Å². The molecule has 0 aliphatic heterocycles. The standard InChI is InChI=1S/C26H28N6O2/c1-31(2)23-13-5-19(6-14-23)17-27-29-25(33)21-9-11-22(12-10-21)26(34)30-28-18-20-7-15-24(16-8-20)32(3)4/h5-18H,1-4H3,(H,29,33)(H,30,34)/b27-17+,28-18+. The van der Waals surface area contributed by atoms with E-state index >= 15 is 0 Å². The van der Waals surface area contributed by atoms with Crippen LogP contribution in [0, 0.1) is 0 Å². The molecular weight excluding hydrogens is 428 g/mol. The molecule has 0 aliphatic rings. The van der Waals surface area contributed by atoms with Gasteiger partial charge in [0.05, 0.1) is 12.4 Å². The van der Waals surface area contributed by atoms with Crippen LogP contribution in [0.4, 0.5) is 11.4 Å². The Morgan fingerprint density at radius 2 is 0.912 bits per heavy atom. The summed E-state index contributed by atoms with van der Waals surface area (Å²) in [5.74, 6) is -0.736. The number of amides is 2. The highest BCUT2D eigenvalue weighted by molar-refractivity contribution is 5.98. The molecule has 0 heterocycles. The molecule has 0 saturated heterocycles. The van der Waals surface area contributed by atoms with Crippen LogP contribution in [-0.2, 0) is 0 Å². The first kappa shape index (κ1) is 24.2. The Hall–Kier alpha value is -4.46. The van der Waals surface area contributed by atoms with E-state index in [0.717, 1.165) is 22.5 Å². The average molecular weight is 457 g/mol. The van der Waals surface area contributed by atoms with Crippen molar-refractivity contribution >= 4 is 35.6 Å². The van der Waals surface area contributed by atoms with Crippen LogP contribution in [0.15, 0.2) is 83.0 Å². The highest BCUT2D eigenvalue weighted by Crippen LogP contribution is 2.12. The van der Waals surface area contributed by atoms with E-state index in [0.29, 0.717) is 11.1 Å². The second-order valence-electron chi connectivity index (χ2n) is 7.95. The fourth-order valence-electron chi connectivity index (χ4n) is 2.95.